The minimum Gasteiger partial charge on any atom is -0.497 e. The molecule has 1 N–H and O–H groups in total. The Morgan fingerprint density at radius 3 is 2.20 bits per heavy atom. The van der Waals surface area contributed by atoms with E-state index in [1.54, 1.807) is 66.7 Å². The van der Waals surface area contributed by atoms with E-state index in [9.17, 15) is 18.0 Å². The van der Waals surface area contributed by atoms with Crippen LogP contribution in [0.1, 0.15) is 38.7 Å². The molecule has 0 radical (unpaired) electrons. The van der Waals surface area contributed by atoms with E-state index in [0.29, 0.717) is 29.3 Å². The first-order chi connectivity index (χ1) is 19.2. The van der Waals surface area contributed by atoms with Crippen LogP contribution in [-0.2, 0) is 26.2 Å². The highest BCUT2D eigenvalue weighted by atomic mass is 35.5. The summed E-state index contributed by atoms with van der Waals surface area (Å²) in [6.07, 6.45) is 2.05. The average molecular weight is 586 g/mol. The van der Waals surface area contributed by atoms with Gasteiger partial charge in [-0.05, 0) is 60.9 Å². The molecule has 1 atom stereocenters. The molecule has 0 saturated carbocycles. The van der Waals surface area contributed by atoms with E-state index >= 15 is 0 Å². The average Bonchev–Trinajstić information content (AvgIpc) is 2.97. The predicted molar refractivity (Wildman–Crippen MR) is 158 cm³/mol. The standard InChI is InChI=1S/C30H36ClN3O5S/c1-4-6-20-32-30(36)28(5-2)33(21-23-12-10-11-15-27(23)31)29(35)22-34(24-16-18-25(39-3)19-17-24)40(37,38)26-13-8-7-9-14-26/h7-19,28H,4-6,20-22H2,1-3H3,(H,32,36). The maximum atomic E-state index is 14.1. The Bertz CT molecular complexity index is 1370. The van der Waals surface area contributed by atoms with Gasteiger partial charge in [0.25, 0.3) is 10.0 Å². The number of anilines is 1. The van der Waals surface area contributed by atoms with Gasteiger partial charge in [-0.1, -0.05) is 68.3 Å². The van der Waals surface area contributed by atoms with Crippen molar-refractivity contribution in [1.82, 2.24) is 10.2 Å². The van der Waals surface area contributed by atoms with Crippen molar-refractivity contribution in [1.29, 1.82) is 0 Å². The van der Waals surface area contributed by atoms with Crippen molar-refractivity contribution in [3.8, 4) is 5.75 Å². The number of rotatable bonds is 14. The number of hydrogen-bond donors (Lipinski definition) is 1. The van der Waals surface area contributed by atoms with Crippen molar-refractivity contribution in [2.75, 3.05) is 24.5 Å². The molecule has 2 amide bonds. The fourth-order valence-corrected chi connectivity index (χ4v) is 5.86. The Balaban J connectivity index is 2.03. The number of carbonyl (C=O) groups excluding carboxylic acids is 2. The van der Waals surface area contributed by atoms with Crippen molar-refractivity contribution in [3.63, 3.8) is 0 Å². The SMILES string of the molecule is CCCCNC(=O)C(CC)N(Cc1ccccc1Cl)C(=O)CN(c1ccc(OC)cc1)S(=O)(=O)c1ccccc1. The number of benzene rings is 3. The summed E-state index contributed by atoms with van der Waals surface area (Å²) in [5.74, 6) is -0.284. The van der Waals surface area contributed by atoms with Crippen molar-refractivity contribution in [2.45, 2.75) is 50.6 Å². The van der Waals surface area contributed by atoms with Gasteiger partial charge in [0.15, 0.2) is 0 Å². The smallest absolute Gasteiger partial charge is 0.264 e. The van der Waals surface area contributed by atoms with E-state index < -0.39 is 28.5 Å². The van der Waals surface area contributed by atoms with Crippen LogP contribution < -0.4 is 14.4 Å². The maximum absolute atomic E-state index is 14.1. The summed E-state index contributed by atoms with van der Waals surface area (Å²) in [5.41, 5.74) is 0.940. The minimum atomic E-state index is -4.14. The molecule has 0 heterocycles. The van der Waals surface area contributed by atoms with Crippen LogP contribution >= 0.6 is 11.6 Å². The van der Waals surface area contributed by atoms with Crippen LogP contribution in [0.5, 0.6) is 5.75 Å². The molecular weight excluding hydrogens is 550 g/mol. The van der Waals surface area contributed by atoms with Crippen LogP contribution in [0.4, 0.5) is 5.69 Å². The maximum Gasteiger partial charge on any atom is 0.264 e. The summed E-state index contributed by atoms with van der Waals surface area (Å²) in [5, 5.41) is 3.36. The third-order valence-electron chi connectivity index (χ3n) is 6.48. The van der Waals surface area contributed by atoms with E-state index in [-0.39, 0.29) is 23.0 Å². The Morgan fingerprint density at radius 2 is 1.60 bits per heavy atom. The highest BCUT2D eigenvalue weighted by Crippen LogP contribution is 2.27. The molecule has 0 saturated heterocycles. The lowest BCUT2D eigenvalue weighted by molar-refractivity contribution is -0.140. The first-order valence-electron chi connectivity index (χ1n) is 13.2. The second-order valence-corrected chi connectivity index (χ2v) is 11.5. The van der Waals surface area contributed by atoms with Crippen LogP contribution in [-0.4, -0.2) is 51.4 Å². The normalized spacial score (nSPS) is 11.9. The lowest BCUT2D eigenvalue weighted by Crippen LogP contribution is -2.52. The molecule has 0 bridgehead atoms. The molecule has 3 aromatic rings. The molecule has 10 heteroatoms. The van der Waals surface area contributed by atoms with Crippen LogP contribution in [0.2, 0.25) is 5.02 Å². The molecule has 0 aromatic heterocycles. The van der Waals surface area contributed by atoms with Crippen LogP contribution in [0.15, 0.2) is 83.8 Å². The Kier molecular flexibility index (Phi) is 11.4. The monoisotopic (exact) mass is 585 g/mol. The van der Waals surface area contributed by atoms with Gasteiger partial charge in [0.2, 0.25) is 11.8 Å². The number of ether oxygens (including phenoxy) is 1. The summed E-state index contributed by atoms with van der Waals surface area (Å²) in [7, 11) is -2.62. The highest BCUT2D eigenvalue weighted by Gasteiger charge is 2.33. The molecule has 0 aliphatic heterocycles. The zero-order chi connectivity index (χ0) is 29.1. The molecule has 40 heavy (non-hydrogen) atoms. The number of nitrogens with zero attached hydrogens (tertiary/aromatic N) is 2. The van der Waals surface area contributed by atoms with Crippen LogP contribution in [0, 0.1) is 0 Å². The quantitative estimate of drug-likeness (QED) is 0.260. The van der Waals surface area contributed by atoms with Crippen molar-refractivity contribution in [3.05, 3.63) is 89.4 Å². The number of carbonyl (C=O) groups is 2. The van der Waals surface area contributed by atoms with Crippen LogP contribution in [0.3, 0.4) is 0 Å². The van der Waals surface area contributed by atoms with Gasteiger partial charge < -0.3 is 15.0 Å². The summed E-state index contributed by atoms with van der Waals surface area (Å²) in [6, 6.07) is 20.6. The molecule has 1 unspecified atom stereocenters. The molecule has 0 aliphatic carbocycles. The molecule has 8 nitrogen and oxygen atoms in total. The number of unbranched alkanes of at least 4 members (excludes halogenated alkanes) is 1. The number of methoxy groups -OCH3 is 1. The molecule has 3 aromatic carbocycles. The molecule has 0 spiro atoms. The summed E-state index contributed by atoms with van der Waals surface area (Å²) >= 11 is 6.43. The van der Waals surface area contributed by atoms with Gasteiger partial charge in [-0.2, -0.15) is 0 Å². The Morgan fingerprint density at radius 1 is 0.950 bits per heavy atom. The lowest BCUT2D eigenvalue weighted by Gasteiger charge is -2.33. The molecule has 0 fully saturated rings. The lowest BCUT2D eigenvalue weighted by atomic mass is 10.1. The zero-order valence-corrected chi connectivity index (χ0v) is 24.6. The summed E-state index contributed by atoms with van der Waals surface area (Å²) in [6.45, 7) is 3.85. The number of nitrogens with one attached hydrogen (secondary N) is 1. The van der Waals surface area contributed by atoms with Gasteiger partial charge in [-0.3, -0.25) is 13.9 Å². The second-order valence-electron chi connectivity index (χ2n) is 9.20. The number of sulfonamides is 1. The van der Waals surface area contributed by atoms with Gasteiger partial charge in [-0.15, -0.1) is 0 Å². The topological polar surface area (TPSA) is 96.0 Å². The Labute approximate surface area is 241 Å². The predicted octanol–water partition coefficient (Wildman–Crippen LogP) is 5.27. The molecule has 3 rings (SSSR count). The minimum absolute atomic E-state index is 0.0417. The number of amides is 2. The summed E-state index contributed by atoms with van der Waals surface area (Å²) < 4.78 is 33.9. The Hall–Kier alpha value is -3.56. The van der Waals surface area contributed by atoms with Gasteiger partial charge in [0, 0.05) is 18.1 Å². The van der Waals surface area contributed by atoms with E-state index in [1.165, 1.54) is 24.1 Å². The number of halogens is 1. The van der Waals surface area contributed by atoms with Crippen LogP contribution in [0.25, 0.3) is 0 Å². The van der Waals surface area contributed by atoms with Gasteiger partial charge in [-0.25, -0.2) is 8.42 Å². The van der Waals surface area contributed by atoms with E-state index in [1.807, 2.05) is 13.8 Å². The van der Waals surface area contributed by atoms with E-state index in [0.717, 1.165) is 17.1 Å². The second kappa shape index (κ2) is 14.7. The van der Waals surface area contributed by atoms with Crippen molar-refractivity contribution in [2.24, 2.45) is 0 Å². The highest BCUT2D eigenvalue weighted by molar-refractivity contribution is 7.92. The fourth-order valence-electron chi connectivity index (χ4n) is 4.23. The first-order valence-corrected chi connectivity index (χ1v) is 15.1. The van der Waals surface area contributed by atoms with E-state index in [2.05, 4.69) is 5.32 Å². The van der Waals surface area contributed by atoms with Crippen molar-refractivity contribution < 1.29 is 22.7 Å². The molecule has 0 aliphatic rings. The number of hydrogen-bond acceptors (Lipinski definition) is 5. The third kappa shape index (κ3) is 7.76. The molecular formula is C30H36ClN3O5S. The first kappa shape index (κ1) is 31.0. The zero-order valence-electron chi connectivity index (χ0n) is 23.0. The summed E-state index contributed by atoms with van der Waals surface area (Å²) in [4.78, 5) is 28.7. The molecule has 214 valence electrons. The van der Waals surface area contributed by atoms with Gasteiger partial charge in [0.1, 0.15) is 18.3 Å². The largest absolute Gasteiger partial charge is 0.497 e. The van der Waals surface area contributed by atoms with E-state index in [4.69, 9.17) is 16.3 Å². The fraction of sp³-hybridized carbons (Fsp3) is 0.333. The van der Waals surface area contributed by atoms with Gasteiger partial charge in [0.05, 0.1) is 17.7 Å². The third-order valence-corrected chi connectivity index (χ3v) is 8.64. The van der Waals surface area contributed by atoms with Gasteiger partial charge >= 0.3 is 0 Å². The van der Waals surface area contributed by atoms with Crippen molar-refractivity contribution >= 4 is 39.1 Å².